The molecule has 0 aliphatic rings. The van der Waals surface area contributed by atoms with Crippen molar-refractivity contribution in [3.8, 4) is 0 Å². The molecule has 3 nitrogen and oxygen atoms in total. The SMILES string of the molecule is CC(C)CC/C(=C\C(=O)C(Cl)(Cl)Cl)Nc1nccs1. The van der Waals surface area contributed by atoms with Crippen LogP contribution in [0.4, 0.5) is 5.13 Å². The zero-order valence-corrected chi connectivity index (χ0v) is 13.7. The average molecular weight is 342 g/mol. The normalized spacial score (nSPS) is 12.8. The molecule has 1 rings (SSSR count). The zero-order valence-electron chi connectivity index (χ0n) is 10.6. The summed E-state index contributed by atoms with van der Waals surface area (Å²) in [6.45, 7) is 4.22. The number of carbonyl (C=O) groups excluding carboxylic acids is 1. The van der Waals surface area contributed by atoms with E-state index >= 15 is 0 Å². The molecule has 0 bridgehead atoms. The molecule has 1 heterocycles. The van der Waals surface area contributed by atoms with Crippen LogP contribution < -0.4 is 5.32 Å². The first kappa shape index (κ1) is 16.8. The highest BCUT2D eigenvalue weighted by Gasteiger charge is 2.28. The number of hydrogen-bond acceptors (Lipinski definition) is 4. The molecule has 1 aromatic rings. The van der Waals surface area contributed by atoms with Gasteiger partial charge in [-0.2, -0.15) is 0 Å². The van der Waals surface area contributed by atoms with Gasteiger partial charge in [-0.15, -0.1) is 11.3 Å². The maximum absolute atomic E-state index is 11.7. The van der Waals surface area contributed by atoms with Crippen molar-refractivity contribution in [1.82, 2.24) is 4.98 Å². The Kier molecular flexibility index (Phi) is 6.60. The Hall–Kier alpha value is -0.290. The fourth-order valence-electron chi connectivity index (χ4n) is 1.28. The summed E-state index contributed by atoms with van der Waals surface area (Å²) >= 11 is 18.2. The molecule has 0 aromatic carbocycles. The summed E-state index contributed by atoms with van der Waals surface area (Å²) in [6, 6.07) is 0. The molecule has 0 saturated carbocycles. The van der Waals surface area contributed by atoms with Gasteiger partial charge in [0, 0.05) is 23.3 Å². The lowest BCUT2D eigenvalue weighted by Crippen LogP contribution is -2.18. The molecule has 0 saturated heterocycles. The zero-order chi connectivity index (χ0) is 14.5. The summed E-state index contributed by atoms with van der Waals surface area (Å²) < 4.78 is -1.92. The fraction of sp³-hybridized carbons (Fsp3) is 0.500. The van der Waals surface area contributed by atoms with Crippen LogP contribution in [0.3, 0.4) is 0 Å². The molecule has 1 aromatic heterocycles. The van der Waals surface area contributed by atoms with Gasteiger partial charge in [0.2, 0.25) is 5.78 Å². The summed E-state index contributed by atoms with van der Waals surface area (Å²) in [7, 11) is 0. The van der Waals surface area contributed by atoms with Crippen molar-refractivity contribution in [3.63, 3.8) is 0 Å². The Morgan fingerprint density at radius 1 is 1.53 bits per heavy atom. The Bertz CT molecular complexity index is 438. The van der Waals surface area contributed by atoms with E-state index in [2.05, 4.69) is 24.1 Å². The molecule has 106 valence electrons. The van der Waals surface area contributed by atoms with Crippen LogP contribution in [0.2, 0.25) is 0 Å². The minimum absolute atomic E-state index is 0.518. The number of anilines is 1. The lowest BCUT2D eigenvalue weighted by atomic mass is 10.1. The van der Waals surface area contributed by atoms with Crippen LogP contribution in [0, 0.1) is 5.92 Å². The quantitative estimate of drug-likeness (QED) is 0.596. The van der Waals surface area contributed by atoms with Crippen LogP contribution >= 0.6 is 46.1 Å². The summed E-state index contributed by atoms with van der Waals surface area (Å²) in [5.41, 5.74) is 0.708. The van der Waals surface area contributed by atoms with Gasteiger partial charge in [-0.1, -0.05) is 48.7 Å². The van der Waals surface area contributed by atoms with Gasteiger partial charge < -0.3 is 5.32 Å². The first-order chi connectivity index (χ1) is 8.79. The number of ketones is 1. The Morgan fingerprint density at radius 2 is 2.21 bits per heavy atom. The maximum Gasteiger partial charge on any atom is 0.252 e. The predicted octanol–water partition coefficient (Wildman–Crippen LogP) is 4.81. The number of aromatic nitrogens is 1. The van der Waals surface area contributed by atoms with Gasteiger partial charge in [-0.25, -0.2) is 4.98 Å². The first-order valence-corrected chi connectivity index (χ1v) is 7.78. The van der Waals surface area contributed by atoms with E-state index < -0.39 is 9.58 Å². The highest BCUT2D eigenvalue weighted by molar-refractivity contribution is 7.13. The highest BCUT2D eigenvalue weighted by atomic mass is 35.6. The maximum atomic E-state index is 11.7. The van der Waals surface area contributed by atoms with Gasteiger partial charge in [0.05, 0.1) is 0 Å². The number of alkyl halides is 3. The standard InChI is InChI=1S/C12H15Cl3N2OS/c1-8(2)3-4-9(7-10(18)12(13,14)15)17-11-16-5-6-19-11/h5-8H,3-4H2,1-2H3,(H,16,17)/b9-7+. The number of thiazole rings is 1. The number of nitrogens with one attached hydrogen (secondary N) is 1. The Morgan fingerprint density at radius 3 is 2.68 bits per heavy atom. The third kappa shape index (κ3) is 6.61. The van der Waals surface area contributed by atoms with E-state index in [1.807, 2.05) is 5.38 Å². The van der Waals surface area contributed by atoms with E-state index in [-0.39, 0.29) is 0 Å². The Labute approximate surface area is 132 Å². The van der Waals surface area contributed by atoms with Gasteiger partial charge in [0.15, 0.2) is 5.13 Å². The summed E-state index contributed by atoms with van der Waals surface area (Å²) in [4.78, 5) is 15.8. The third-order valence-electron chi connectivity index (χ3n) is 2.28. The van der Waals surface area contributed by atoms with E-state index in [1.165, 1.54) is 17.4 Å². The van der Waals surface area contributed by atoms with Crippen molar-refractivity contribution in [2.45, 2.75) is 30.5 Å². The second-order valence-corrected chi connectivity index (χ2v) is 7.60. The smallest absolute Gasteiger partial charge is 0.252 e. The molecule has 0 unspecified atom stereocenters. The molecule has 0 radical (unpaired) electrons. The van der Waals surface area contributed by atoms with E-state index in [9.17, 15) is 4.79 Å². The van der Waals surface area contributed by atoms with Gasteiger partial charge in [-0.05, 0) is 18.8 Å². The van der Waals surface area contributed by atoms with Crippen LogP contribution in [0.25, 0.3) is 0 Å². The number of hydrogen-bond donors (Lipinski definition) is 1. The average Bonchev–Trinajstić information content (AvgIpc) is 2.77. The van der Waals surface area contributed by atoms with E-state index in [0.29, 0.717) is 23.2 Å². The second kappa shape index (κ2) is 7.48. The first-order valence-electron chi connectivity index (χ1n) is 5.77. The van der Waals surface area contributed by atoms with Crippen LogP contribution in [0.5, 0.6) is 0 Å². The second-order valence-electron chi connectivity index (χ2n) is 4.43. The molecule has 0 spiro atoms. The molecule has 0 aliphatic carbocycles. The van der Waals surface area contributed by atoms with Gasteiger partial charge >= 0.3 is 0 Å². The van der Waals surface area contributed by atoms with E-state index in [1.54, 1.807) is 6.20 Å². The van der Waals surface area contributed by atoms with Crippen LogP contribution in [-0.4, -0.2) is 14.6 Å². The number of halogens is 3. The van der Waals surface area contributed by atoms with Crippen LogP contribution in [0.1, 0.15) is 26.7 Å². The molecule has 0 amide bonds. The summed E-state index contributed by atoms with van der Waals surface area (Å²) in [6.07, 6.45) is 4.65. The number of rotatable bonds is 6. The van der Waals surface area contributed by atoms with Crippen LogP contribution in [-0.2, 0) is 4.79 Å². The molecule has 0 fully saturated rings. The van der Waals surface area contributed by atoms with Gasteiger partial charge in [0.1, 0.15) is 0 Å². The molecular weight excluding hydrogens is 327 g/mol. The third-order valence-corrected chi connectivity index (χ3v) is 3.52. The lowest BCUT2D eigenvalue weighted by molar-refractivity contribution is -0.113. The minimum atomic E-state index is -1.92. The predicted molar refractivity (Wildman–Crippen MR) is 83.2 cm³/mol. The molecule has 1 N–H and O–H groups in total. The lowest BCUT2D eigenvalue weighted by Gasteiger charge is -2.12. The number of carbonyl (C=O) groups is 1. The van der Waals surface area contributed by atoms with Crippen molar-refractivity contribution in [2.75, 3.05) is 5.32 Å². The molecule has 0 aliphatic heterocycles. The number of allylic oxidation sites excluding steroid dienone is 2. The van der Waals surface area contributed by atoms with E-state index in [0.717, 1.165) is 6.42 Å². The molecular formula is C12H15Cl3N2OS. The molecule has 7 heteroatoms. The number of nitrogens with zero attached hydrogens (tertiary/aromatic N) is 1. The van der Waals surface area contributed by atoms with Crippen molar-refractivity contribution in [3.05, 3.63) is 23.3 Å². The van der Waals surface area contributed by atoms with Crippen molar-refractivity contribution >= 4 is 57.1 Å². The van der Waals surface area contributed by atoms with E-state index in [4.69, 9.17) is 34.8 Å². The largest absolute Gasteiger partial charge is 0.335 e. The minimum Gasteiger partial charge on any atom is -0.335 e. The highest BCUT2D eigenvalue weighted by Crippen LogP contribution is 2.28. The Balaban J connectivity index is 2.79. The fourth-order valence-corrected chi connectivity index (χ4v) is 2.00. The van der Waals surface area contributed by atoms with Gasteiger partial charge in [0.25, 0.3) is 3.79 Å². The summed E-state index contributed by atoms with van der Waals surface area (Å²) in [5.74, 6) is -0.0373. The van der Waals surface area contributed by atoms with Crippen molar-refractivity contribution < 1.29 is 4.79 Å². The van der Waals surface area contributed by atoms with Gasteiger partial charge in [-0.3, -0.25) is 4.79 Å². The summed E-state index contributed by atoms with van der Waals surface area (Å²) in [5, 5.41) is 5.65. The van der Waals surface area contributed by atoms with Crippen molar-refractivity contribution in [1.29, 1.82) is 0 Å². The van der Waals surface area contributed by atoms with Crippen LogP contribution in [0.15, 0.2) is 23.3 Å². The molecule has 19 heavy (non-hydrogen) atoms. The van der Waals surface area contributed by atoms with Crippen molar-refractivity contribution in [2.24, 2.45) is 5.92 Å². The molecule has 0 atom stereocenters. The monoisotopic (exact) mass is 340 g/mol. The topological polar surface area (TPSA) is 42.0 Å².